The molecule has 0 aromatic carbocycles. The lowest BCUT2D eigenvalue weighted by Gasteiger charge is -1.89. The third-order valence-electron chi connectivity index (χ3n) is 1.80. The van der Waals surface area contributed by atoms with Crippen LogP contribution >= 0.6 is 0 Å². The van der Waals surface area contributed by atoms with E-state index in [1.54, 1.807) is 13.8 Å². The highest BCUT2D eigenvalue weighted by molar-refractivity contribution is 5.74. The van der Waals surface area contributed by atoms with Gasteiger partial charge in [0, 0.05) is 13.3 Å². The molecule has 0 aromatic rings. The van der Waals surface area contributed by atoms with Gasteiger partial charge in [0.15, 0.2) is 0 Å². The van der Waals surface area contributed by atoms with Gasteiger partial charge < -0.3 is 14.6 Å². The molecule has 0 amide bonds. The highest BCUT2D eigenvalue weighted by atomic mass is 16.5. The molecule has 0 radical (unpaired) electrons. The van der Waals surface area contributed by atoms with Crippen molar-refractivity contribution in [2.45, 2.75) is 73.6 Å². The summed E-state index contributed by atoms with van der Waals surface area (Å²) in [5.74, 6) is 0.0440. The predicted molar refractivity (Wildman–Crippen MR) is 81.8 cm³/mol. The number of Topliss-reactive ketones (excluding diaryl/α,β-unsaturated/α-hetero) is 1. The standard InChI is InChI=1S/C6H14.C4H8O2.C4H8O.CH2O2/c1-3-5-6-4-2;1-3-6-4(2)5;1-3-4(2)5;2-1-3/h3-6H2,1-2H3;3H2,1-2H3;3H2,1-2H3;1H,(H,2,3). The Labute approximate surface area is 123 Å². The smallest absolute Gasteiger partial charge is 0.302 e. The molecule has 0 unspecified atom stereocenters. The Bertz CT molecular complexity index is 198. The highest BCUT2D eigenvalue weighted by Gasteiger charge is 1.81. The molecule has 0 aliphatic carbocycles. The molecule has 0 aliphatic rings. The number of ketones is 1. The van der Waals surface area contributed by atoms with E-state index >= 15 is 0 Å². The lowest BCUT2D eigenvalue weighted by Crippen LogP contribution is -1.95. The van der Waals surface area contributed by atoms with Crippen molar-refractivity contribution in [1.82, 2.24) is 0 Å². The number of hydrogen-bond acceptors (Lipinski definition) is 4. The second kappa shape index (κ2) is 30.6. The fourth-order valence-electron chi connectivity index (χ4n) is 0.703. The van der Waals surface area contributed by atoms with Crippen LogP contribution < -0.4 is 0 Å². The van der Waals surface area contributed by atoms with Gasteiger partial charge in [-0.15, -0.1) is 0 Å². The minimum Gasteiger partial charge on any atom is -0.483 e. The normalized spacial score (nSPS) is 7.50. The summed E-state index contributed by atoms with van der Waals surface area (Å²) in [6.07, 6.45) is 6.20. The molecule has 0 spiro atoms. The summed E-state index contributed by atoms with van der Waals surface area (Å²) in [7, 11) is 0. The maximum Gasteiger partial charge on any atom is 0.302 e. The van der Waals surface area contributed by atoms with Crippen LogP contribution in [0.15, 0.2) is 0 Å². The zero-order valence-corrected chi connectivity index (χ0v) is 13.9. The Morgan fingerprint density at radius 3 is 1.35 bits per heavy atom. The topological polar surface area (TPSA) is 80.7 Å². The third kappa shape index (κ3) is 92.6. The molecule has 0 rings (SSSR count). The number of carbonyl (C=O) groups excluding carboxylic acids is 2. The fraction of sp³-hybridized carbons (Fsp3) is 0.800. The molecule has 0 heterocycles. The molecule has 20 heavy (non-hydrogen) atoms. The first-order valence-corrected chi connectivity index (χ1v) is 7.08. The monoisotopic (exact) mass is 292 g/mol. The van der Waals surface area contributed by atoms with E-state index in [0.717, 1.165) is 0 Å². The minimum absolute atomic E-state index is 0.211. The zero-order valence-electron chi connectivity index (χ0n) is 13.9. The summed E-state index contributed by atoms with van der Waals surface area (Å²) in [6.45, 7) is 11.3. The van der Waals surface area contributed by atoms with E-state index in [4.69, 9.17) is 9.90 Å². The summed E-state index contributed by atoms with van der Waals surface area (Å²) in [6, 6.07) is 0. The lowest BCUT2D eigenvalue weighted by atomic mass is 10.2. The number of esters is 1. The number of ether oxygens (including phenoxy) is 1. The first-order chi connectivity index (χ1) is 9.37. The van der Waals surface area contributed by atoms with Gasteiger partial charge >= 0.3 is 5.97 Å². The Morgan fingerprint density at radius 2 is 1.30 bits per heavy atom. The number of carboxylic acid groups (broad SMARTS) is 1. The van der Waals surface area contributed by atoms with Gasteiger partial charge in [0.05, 0.1) is 6.61 Å². The van der Waals surface area contributed by atoms with Crippen LogP contribution in [0.3, 0.4) is 0 Å². The molecule has 122 valence electrons. The van der Waals surface area contributed by atoms with E-state index in [1.807, 2.05) is 6.92 Å². The fourth-order valence-corrected chi connectivity index (χ4v) is 0.703. The quantitative estimate of drug-likeness (QED) is 0.473. The molecule has 0 saturated carbocycles. The van der Waals surface area contributed by atoms with Crippen molar-refractivity contribution < 1.29 is 24.2 Å². The maximum absolute atomic E-state index is 9.82. The van der Waals surface area contributed by atoms with Crippen molar-refractivity contribution in [2.24, 2.45) is 0 Å². The molecular formula is C15H32O5. The largest absolute Gasteiger partial charge is 0.483 e. The second-order valence-corrected chi connectivity index (χ2v) is 3.79. The van der Waals surface area contributed by atoms with Gasteiger partial charge in [-0.1, -0.05) is 46.5 Å². The molecule has 5 heteroatoms. The van der Waals surface area contributed by atoms with Crippen molar-refractivity contribution >= 4 is 18.2 Å². The molecule has 1 N–H and O–H groups in total. The summed E-state index contributed by atoms with van der Waals surface area (Å²) < 4.78 is 4.40. The summed E-state index contributed by atoms with van der Waals surface area (Å²) >= 11 is 0. The van der Waals surface area contributed by atoms with Gasteiger partial charge in [0.2, 0.25) is 0 Å². The molecule has 0 saturated heterocycles. The number of hydrogen-bond donors (Lipinski definition) is 1. The average molecular weight is 292 g/mol. The molecule has 0 aromatic heterocycles. The van der Waals surface area contributed by atoms with Crippen LogP contribution in [0, 0.1) is 0 Å². The molecule has 0 atom stereocenters. The lowest BCUT2D eigenvalue weighted by molar-refractivity contribution is -0.140. The highest BCUT2D eigenvalue weighted by Crippen LogP contribution is 1.95. The van der Waals surface area contributed by atoms with Gasteiger partial charge in [-0.2, -0.15) is 0 Å². The molecule has 0 aliphatic heterocycles. The Hall–Kier alpha value is -1.39. The van der Waals surface area contributed by atoms with Crippen LogP contribution in [0.25, 0.3) is 0 Å². The molecule has 0 bridgehead atoms. The second-order valence-electron chi connectivity index (χ2n) is 3.79. The van der Waals surface area contributed by atoms with Crippen molar-refractivity contribution in [1.29, 1.82) is 0 Å². The number of rotatable bonds is 5. The number of carbonyl (C=O) groups is 3. The van der Waals surface area contributed by atoms with Gasteiger partial charge in [-0.3, -0.25) is 9.59 Å². The summed E-state index contributed by atoms with van der Waals surface area (Å²) in [5.41, 5.74) is 0. The van der Waals surface area contributed by atoms with Crippen LogP contribution in [0.5, 0.6) is 0 Å². The van der Waals surface area contributed by atoms with E-state index in [-0.39, 0.29) is 18.2 Å². The van der Waals surface area contributed by atoms with E-state index < -0.39 is 0 Å². The van der Waals surface area contributed by atoms with Crippen LogP contribution in [0.1, 0.15) is 73.6 Å². The van der Waals surface area contributed by atoms with Gasteiger partial charge in [0.25, 0.3) is 6.47 Å². The summed E-state index contributed by atoms with van der Waals surface area (Å²) in [4.78, 5) is 28.0. The van der Waals surface area contributed by atoms with E-state index in [1.165, 1.54) is 32.6 Å². The third-order valence-corrected chi connectivity index (χ3v) is 1.80. The van der Waals surface area contributed by atoms with Crippen LogP contribution in [-0.4, -0.2) is 29.9 Å². The van der Waals surface area contributed by atoms with Gasteiger partial charge in [0.1, 0.15) is 5.78 Å². The summed E-state index contributed by atoms with van der Waals surface area (Å²) in [5, 5.41) is 6.89. The van der Waals surface area contributed by atoms with Crippen LogP contribution in [-0.2, 0) is 19.1 Å². The maximum atomic E-state index is 9.82. The zero-order chi connectivity index (χ0) is 16.8. The van der Waals surface area contributed by atoms with E-state index in [9.17, 15) is 9.59 Å². The van der Waals surface area contributed by atoms with E-state index in [2.05, 4.69) is 18.6 Å². The van der Waals surface area contributed by atoms with Crippen molar-refractivity contribution in [3.8, 4) is 0 Å². The van der Waals surface area contributed by atoms with Crippen molar-refractivity contribution in [2.75, 3.05) is 6.61 Å². The van der Waals surface area contributed by atoms with Gasteiger partial charge in [-0.05, 0) is 13.8 Å². The average Bonchev–Trinajstić information content (AvgIpc) is 2.38. The molecule has 5 nitrogen and oxygen atoms in total. The Balaban J connectivity index is -0.0000000879. The van der Waals surface area contributed by atoms with Crippen molar-refractivity contribution in [3.05, 3.63) is 0 Å². The molecule has 0 fully saturated rings. The Kier molecular flexibility index (Phi) is 41.3. The minimum atomic E-state index is -0.250. The van der Waals surface area contributed by atoms with Crippen molar-refractivity contribution in [3.63, 3.8) is 0 Å². The number of unbranched alkanes of at least 4 members (excludes halogenated alkanes) is 3. The predicted octanol–water partition coefficient (Wildman–Crippen LogP) is 3.84. The first-order valence-electron chi connectivity index (χ1n) is 7.08. The SMILES string of the molecule is CCC(C)=O.CCCCCC.CCOC(C)=O.O=CO. The van der Waals surface area contributed by atoms with E-state index in [0.29, 0.717) is 13.0 Å². The Morgan fingerprint density at radius 1 is 1.00 bits per heavy atom. The van der Waals surface area contributed by atoms with Gasteiger partial charge in [-0.25, -0.2) is 0 Å². The van der Waals surface area contributed by atoms with Crippen LogP contribution in [0.4, 0.5) is 0 Å². The molecular weight excluding hydrogens is 260 g/mol. The van der Waals surface area contributed by atoms with Crippen LogP contribution in [0.2, 0.25) is 0 Å². The first kappa shape index (κ1) is 27.0.